The molecule has 0 saturated heterocycles. The number of aliphatic imine (C=N–C) groups is 1. The highest BCUT2D eigenvalue weighted by Crippen LogP contribution is 2.34. The molecule has 0 amide bonds. The predicted molar refractivity (Wildman–Crippen MR) is 79.2 cm³/mol. The van der Waals surface area contributed by atoms with Gasteiger partial charge in [0.1, 0.15) is 0 Å². The van der Waals surface area contributed by atoms with Gasteiger partial charge >= 0.3 is 0 Å². The van der Waals surface area contributed by atoms with Gasteiger partial charge in [0.25, 0.3) is 0 Å². The van der Waals surface area contributed by atoms with Crippen LogP contribution < -0.4 is 10.6 Å². The Kier molecular flexibility index (Phi) is 4.64. The van der Waals surface area contributed by atoms with Crippen LogP contribution in [0.5, 0.6) is 0 Å². The maximum absolute atomic E-state index is 4.31. The highest BCUT2D eigenvalue weighted by molar-refractivity contribution is 7.10. The van der Waals surface area contributed by atoms with Crippen molar-refractivity contribution in [2.45, 2.75) is 45.2 Å². The summed E-state index contributed by atoms with van der Waals surface area (Å²) in [4.78, 5) is 5.66. The van der Waals surface area contributed by atoms with Crippen molar-refractivity contribution in [1.29, 1.82) is 0 Å². The van der Waals surface area contributed by atoms with Crippen molar-refractivity contribution in [2.24, 2.45) is 10.9 Å². The average molecular weight is 265 g/mol. The molecule has 0 radical (unpaired) electrons. The van der Waals surface area contributed by atoms with Crippen LogP contribution in [-0.4, -0.2) is 19.0 Å². The Hall–Kier alpha value is -1.03. The fourth-order valence-corrected chi connectivity index (χ4v) is 3.01. The molecular formula is C14H23N3S. The Bertz CT molecular complexity index is 386. The van der Waals surface area contributed by atoms with Gasteiger partial charge in [0, 0.05) is 18.0 Å². The zero-order chi connectivity index (χ0) is 13.0. The van der Waals surface area contributed by atoms with E-state index in [0.29, 0.717) is 12.1 Å². The largest absolute Gasteiger partial charge is 0.353 e. The first-order valence-corrected chi connectivity index (χ1v) is 7.65. The molecular weight excluding hydrogens is 242 g/mol. The van der Waals surface area contributed by atoms with E-state index in [-0.39, 0.29) is 0 Å². The van der Waals surface area contributed by atoms with Crippen molar-refractivity contribution in [1.82, 2.24) is 10.6 Å². The number of guanidine groups is 1. The SMILES string of the molecule is CCCC1CC1NC(=NC)NC(C)c1cccs1. The molecule has 4 heteroatoms. The number of hydrogen-bond acceptors (Lipinski definition) is 2. The molecule has 1 saturated carbocycles. The maximum atomic E-state index is 4.31. The minimum absolute atomic E-state index is 0.319. The number of nitrogens with one attached hydrogen (secondary N) is 2. The minimum Gasteiger partial charge on any atom is -0.353 e. The zero-order valence-electron chi connectivity index (χ0n) is 11.4. The fourth-order valence-electron chi connectivity index (χ4n) is 2.27. The van der Waals surface area contributed by atoms with Crippen LogP contribution in [0.4, 0.5) is 0 Å². The van der Waals surface area contributed by atoms with Crippen LogP contribution in [0.3, 0.4) is 0 Å². The summed E-state index contributed by atoms with van der Waals surface area (Å²) in [5, 5.41) is 9.08. The molecule has 3 unspecified atom stereocenters. The highest BCUT2D eigenvalue weighted by atomic mass is 32.1. The van der Waals surface area contributed by atoms with Crippen LogP contribution in [-0.2, 0) is 0 Å². The monoisotopic (exact) mass is 265 g/mol. The predicted octanol–water partition coefficient (Wildman–Crippen LogP) is 3.16. The average Bonchev–Trinajstić information content (AvgIpc) is 2.89. The summed E-state index contributed by atoms with van der Waals surface area (Å²) in [5.74, 6) is 1.78. The second kappa shape index (κ2) is 6.23. The van der Waals surface area contributed by atoms with Crippen LogP contribution in [0.25, 0.3) is 0 Å². The van der Waals surface area contributed by atoms with E-state index in [2.05, 4.69) is 47.0 Å². The topological polar surface area (TPSA) is 36.4 Å². The van der Waals surface area contributed by atoms with Crippen LogP contribution in [0.1, 0.15) is 44.0 Å². The van der Waals surface area contributed by atoms with E-state index >= 15 is 0 Å². The Morgan fingerprint density at radius 3 is 3.06 bits per heavy atom. The molecule has 0 aliphatic heterocycles. The fraction of sp³-hybridized carbons (Fsp3) is 0.643. The number of thiophene rings is 1. The molecule has 3 atom stereocenters. The molecule has 0 bridgehead atoms. The van der Waals surface area contributed by atoms with E-state index in [1.165, 1.54) is 24.1 Å². The van der Waals surface area contributed by atoms with Crippen LogP contribution >= 0.6 is 11.3 Å². The van der Waals surface area contributed by atoms with Gasteiger partial charge in [-0.25, -0.2) is 0 Å². The smallest absolute Gasteiger partial charge is 0.191 e. The number of nitrogens with zero attached hydrogens (tertiary/aromatic N) is 1. The summed E-state index contributed by atoms with van der Waals surface area (Å²) in [6.45, 7) is 4.43. The molecule has 0 aromatic carbocycles. The quantitative estimate of drug-likeness (QED) is 0.634. The summed E-state index contributed by atoms with van der Waals surface area (Å²) in [7, 11) is 1.84. The molecule has 1 aliphatic carbocycles. The molecule has 2 N–H and O–H groups in total. The Morgan fingerprint density at radius 2 is 2.44 bits per heavy atom. The number of rotatable bonds is 5. The zero-order valence-corrected chi connectivity index (χ0v) is 12.3. The summed E-state index contributed by atoms with van der Waals surface area (Å²) in [6.07, 6.45) is 3.90. The summed E-state index contributed by atoms with van der Waals surface area (Å²) in [5.41, 5.74) is 0. The van der Waals surface area contributed by atoms with Gasteiger partial charge < -0.3 is 10.6 Å². The van der Waals surface area contributed by atoms with Crippen molar-refractivity contribution in [2.75, 3.05) is 7.05 Å². The normalized spacial score (nSPS) is 24.7. The maximum Gasteiger partial charge on any atom is 0.191 e. The van der Waals surface area contributed by atoms with E-state index in [1.807, 2.05) is 7.05 Å². The molecule has 1 fully saturated rings. The third-order valence-corrected chi connectivity index (χ3v) is 4.51. The molecule has 1 aromatic rings. The summed E-state index contributed by atoms with van der Waals surface area (Å²) in [6, 6.07) is 5.20. The first kappa shape index (κ1) is 13.4. The molecule has 3 nitrogen and oxygen atoms in total. The molecule has 1 aliphatic rings. The van der Waals surface area contributed by atoms with Gasteiger partial charge in [-0.05, 0) is 37.1 Å². The van der Waals surface area contributed by atoms with Gasteiger partial charge in [-0.2, -0.15) is 0 Å². The Balaban J connectivity index is 1.80. The van der Waals surface area contributed by atoms with Crippen molar-refractivity contribution in [3.8, 4) is 0 Å². The standard InChI is InChI=1S/C14H23N3S/c1-4-6-11-9-12(11)17-14(15-3)16-10(2)13-7-5-8-18-13/h5,7-8,10-12H,4,6,9H2,1-3H3,(H2,15,16,17). The van der Waals surface area contributed by atoms with Crippen molar-refractivity contribution >= 4 is 17.3 Å². The van der Waals surface area contributed by atoms with Gasteiger partial charge in [0.15, 0.2) is 5.96 Å². The van der Waals surface area contributed by atoms with Gasteiger partial charge in [-0.3, -0.25) is 4.99 Å². The van der Waals surface area contributed by atoms with E-state index in [4.69, 9.17) is 0 Å². The van der Waals surface area contributed by atoms with Gasteiger partial charge in [0.05, 0.1) is 6.04 Å². The highest BCUT2D eigenvalue weighted by Gasteiger charge is 2.36. The first-order valence-electron chi connectivity index (χ1n) is 6.77. The van der Waals surface area contributed by atoms with Gasteiger partial charge in [0.2, 0.25) is 0 Å². The molecule has 2 rings (SSSR count). The van der Waals surface area contributed by atoms with Crippen molar-refractivity contribution in [3.05, 3.63) is 22.4 Å². The second-order valence-corrected chi connectivity index (χ2v) is 5.97. The van der Waals surface area contributed by atoms with E-state index in [0.717, 1.165) is 11.9 Å². The second-order valence-electron chi connectivity index (χ2n) is 4.99. The lowest BCUT2D eigenvalue weighted by Gasteiger charge is -2.17. The lowest BCUT2D eigenvalue weighted by Crippen LogP contribution is -2.40. The van der Waals surface area contributed by atoms with Crippen LogP contribution in [0.2, 0.25) is 0 Å². The van der Waals surface area contributed by atoms with Crippen LogP contribution in [0.15, 0.2) is 22.5 Å². The summed E-state index contributed by atoms with van der Waals surface area (Å²) >= 11 is 1.78. The Morgan fingerprint density at radius 1 is 1.61 bits per heavy atom. The first-order chi connectivity index (χ1) is 8.74. The molecule has 1 aromatic heterocycles. The lowest BCUT2D eigenvalue weighted by molar-refractivity contribution is 0.642. The van der Waals surface area contributed by atoms with Crippen molar-refractivity contribution < 1.29 is 0 Å². The minimum atomic E-state index is 0.319. The Labute approximate surface area is 114 Å². The van der Waals surface area contributed by atoms with E-state index in [9.17, 15) is 0 Å². The number of hydrogen-bond donors (Lipinski definition) is 2. The summed E-state index contributed by atoms with van der Waals surface area (Å²) < 4.78 is 0. The molecule has 100 valence electrons. The third kappa shape index (κ3) is 3.48. The molecule has 0 spiro atoms. The molecule has 18 heavy (non-hydrogen) atoms. The van der Waals surface area contributed by atoms with Crippen molar-refractivity contribution in [3.63, 3.8) is 0 Å². The third-order valence-electron chi connectivity index (χ3n) is 3.45. The molecule has 1 heterocycles. The van der Waals surface area contributed by atoms with Crippen LogP contribution in [0, 0.1) is 5.92 Å². The van der Waals surface area contributed by atoms with Gasteiger partial charge in [-0.15, -0.1) is 11.3 Å². The van der Waals surface area contributed by atoms with E-state index < -0.39 is 0 Å². The van der Waals surface area contributed by atoms with Gasteiger partial charge in [-0.1, -0.05) is 19.4 Å². The van der Waals surface area contributed by atoms with E-state index in [1.54, 1.807) is 11.3 Å². The lowest BCUT2D eigenvalue weighted by atomic mass is 10.2.